The summed E-state index contributed by atoms with van der Waals surface area (Å²) in [7, 11) is 0.245. The van der Waals surface area contributed by atoms with Crippen molar-refractivity contribution in [1.82, 2.24) is 14.9 Å². The number of sulfonamides is 1. The van der Waals surface area contributed by atoms with Gasteiger partial charge in [0.05, 0.1) is 5.75 Å². The molecule has 0 amide bonds. The summed E-state index contributed by atoms with van der Waals surface area (Å²) in [5.41, 5.74) is 3.74. The molecule has 6 nitrogen and oxygen atoms in total. The summed E-state index contributed by atoms with van der Waals surface area (Å²) in [6.07, 6.45) is 0.722. The maximum absolute atomic E-state index is 11.7. The van der Waals surface area contributed by atoms with Crippen LogP contribution in [0.5, 0.6) is 0 Å². The second kappa shape index (κ2) is 9.64. The molecule has 0 radical (unpaired) electrons. The Morgan fingerprint density at radius 1 is 1.25 bits per heavy atom. The van der Waals surface area contributed by atoms with Gasteiger partial charge in [0.2, 0.25) is 10.0 Å². The van der Waals surface area contributed by atoms with E-state index in [1.807, 2.05) is 0 Å². The summed E-state index contributed by atoms with van der Waals surface area (Å²) in [5.74, 6) is 0.853. The summed E-state index contributed by atoms with van der Waals surface area (Å²) in [4.78, 5) is 4.19. The molecule has 1 rings (SSSR count). The van der Waals surface area contributed by atoms with Gasteiger partial charge in [0, 0.05) is 33.7 Å². The van der Waals surface area contributed by atoms with Crippen LogP contribution in [0.1, 0.15) is 30.0 Å². The average Bonchev–Trinajstić information content (AvgIpc) is 2.55. The van der Waals surface area contributed by atoms with E-state index in [0.29, 0.717) is 19.6 Å². The van der Waals surface area contributed by atoms with E-state index in [9.17, 15) is 8.42 Å². The molecule has 1 aromatic rings. The zero-order valence-corrected chi connectivity index (χ0v) is 16.2. The maximum atomic E-state index is 11.7. The molecule has 136 valence electrons. The van der Waals surface area contributed by atoms with Crippen molar-refractivity contribution >= 4 is 16.0 Å². The second-order valence-corrected chi connectivity index (χ2v) is 8.22. The minimum absolute atomic E-state index is 0.135. The third-order valence-electron chi connectivity index (χ3n) is 3.95. The lowest BCUT2D eigenvalue weighted by molar-refractivity contribution is 0.461. The normalized spacial score (nSPS) is 12.5. The zero-order chi connectivity index (χ0) is 18.2. The highest BCUT2D eigenvalue weighted by Crippen LogP contribution is 2.09. The molecule has 0 aliphatic carbocycles. The highest BCUT2D eigenvalue weighted by Gasteiger charge is 2.13. The minimum atomic E-state index is -3.10. The summed E-state index contributed by atoms with van der Waals surface area (Å²) < 4.78 is 24.7. The number of hydrogen-bond donors (Lipinski definition) is 2. The first-order chi connectivity index (χ1) is 11.3. The van der Waals surface area contributed by atoms with Crippen molar-refractivity contribution in [2.75, 3.05) is 32.9 Å². The lowest BCUT2D eigenvalue weighted by Gasteiger charge is -2.17. The topological polar surface area (TPSA) is 73.8 Å². The molecule has 0 spiro atoms. The number of nitrogens with one attached hydrogen (secondary N) is 2. The first kappa shape index (κ1) is 20.4. The van der Waals surface area contributed by atoms with Gasteiger partial charge in [0.1, 0.15) is 0 Å². The monoisotopic (exact) mass is 354 g/mol. The Hall–Kier alpha value is -1.60. The number of aryl methyl sites for hydroxylation is 2. The molecule has 0 aromatic heterocycles. The molecule has 2 N–H and O–H groups in total. The van der Waals surface area contributed by atoms with Crippen LogP contribution in [0.25, 0.3) is 0 Å². The van der Waals surface area contributed by atoms with Gasteiger partial charge in [0.15, 0.2) is 5.96 Å². The van der Waals surface area contributed by atoms with Crippen molar-refractivity contribution in [3.63, 3.8) is 0 Å². The van der Waals surface area contributed by atoms with Crippen LogP contribution >= 0.6 is 0 Å². The van der Waals surface area contributed by atoms with E-state index < -0.39 is 10.0 Å². The van der Waals surface area contributed by atoms with Gasteiger partial charge in [-0.15, -0.1) is 0 Å². The molecule has 0 saturated carbocycles. The van der Waals surface area contributed by atoms with Gasteiger partial charge < -0.3 is 10.6 Å². The Morgan fingerprint density at radius 2 is 1.96 bits per heavy atom. The average molecular weight is 355 g/mol. The first-order valence-electron chi connectivity index (χ1n) is 8.24. The van der Waals surface area contributed by atoms with E-state index in [2.05, 4.69) is 47.7 Å². The lowest BCUT2D eigenvalue weighted by atomic mass is 10.1. The fraction of sp³-hybridized carbons (Fsp3) is 0.588. The molecule has 0 bridgehead atoms. The van der Waals surface area contributed by atoms with Crippen molar-refractivity contribution in [3.05, 3.63) is 34.9 Å². The third-order valence-corrected chi connectivity index (χ3v) is 5.81. The second-order valence-electron chi connectivity index (χ2n) is 5.86. The third kappa shape index (κ3) is 6.49. The fourth-order valence-corrected chi connectivity index (χ4v) is 3.16. The van der Waals surface area contributed by atoms with Crippen LogP contribution in [0.2, 0.25) is 0 Å². The SMILES string of the molecule is CCS(=O)(=O)N(C)CCCNC(=NC)NCc1ccc(C)cc1C. The molecule has 1 aromatic carbocycles. The van der Waals surface area contributed by atoms with Gasteiger partial charge in [-0.3, -0.25) is 4.99 Å². The first-order valence-corrected chi connectivity index (χ1v) is 9.85. The van der Waals surface area contributed by atoms with E-state index in [1.54, 1.807) is 21.0 Å². The Balaban J connectivity index is 2.38. The van der Waals surface area contributed by atoms with Gasteiger partial charge in [-0.1, -0.05) is 23.8 Å². The van der Waals surface area contributed by atoms with E-state index in [-0.39, 0.29) is 5.75 Å². The van der Waals surface area contributed by atoms with E-state index in [1.165, 1.54) is 21.0 Å². The highest BCUT2D eigenvalue weighted by atomic mass is 32.2. The van der Waals surface area contributed by atoms with Crippen LogP contribution in [0.15, 0.2) is 23.2 Å². The molecular weight excluding hydrogens is 324 g/mol. The number of benzene rings is 1. The van der Waals surface area contributed by atoms with Crippen LogP contribution < -0.4 is 10.6 Å². The Labute approximate surface area is 146 Å². The largest absolute Gasteiger partial charge is 0.356 e. The lowest BCUT2D eigenvalue weighted by Crippen LogP contribution is -2.38. The van der Waals surface area contributed by atoms with Gasteiger partial charge in [-0.2, -0.15) is 0 Å². The number of aliphatic imine (C=N–C) groups is 1. The summed E-state index contributed by atoms with van der Waals surface area (Å²) in [5, 5.41) is 6.50. The quantitative estimate of drug-likeness (QED) is 0.423. The maximum Gasteiger partial charge on any atom is 0.213 e. The smallest absolute Gasteiger partial charge is 0.213 e. The van der Waals surface area contributed by atoms with Gasteiger partial charge in [-0.25, -0.2) is 12.7 Å². The van der Waals surface area contributed by atoms with Crippen molar-refractivity contribution in [2.24, 2.45) is 4.99 Å². The molecule has 0 atom stereocenters. The van der Waals surface area contributed by atoms with E-state index in [4.69, 9.17) is 0 Å². The van der Waals surface area contributed by atoms with Gasteiger partial charge >= 0.3 is 0 Å². The molecule has 0 aliphatic heterocycles. The number of guanidine groups is 1. The molecular formula is C17H30N4O2S. The minimum Gasteiger partial charge on any atom is -0.356 e. The number of nitrogens with zero attached hydrogens (tertiary/aromatic N) is 2. The van der Waals surface area contributed by atoms with Crippen molar-refractivity contribution in [1.29, 1.82) is 0 Å². The van der Waals surface area contributed by atoms with E-state index in [0.717, 1.165) is 12.4 Å². The molecule has 0 unspecified atom stereocenters. The van der Waals surface area contributed by atoms with Crippen LogP contribution in [0.4, 0.5) is 0 Å². The van der Waals surface area contributed by atoms with Crippen molar-refractivity contribution in [2.45, 2.75) is 33.7 Å². The predicted octanol–water partition coefficient (Wildman–Crippen LogP) is 1.64. The van der Waals surface area contributed by atoms with Crippen LogP contribution in [-0.4, -0.2) is 51.6 Å². The Morgan fingerprint density at radius 3 is 2.54 bits per heavy atom. The highest BCUT2D eigenvalue weighted by molar-refractivity contribution is 7.89. The van der Waals surface area contributed by atoms with Crippen LogP contribution in [0, 0.1) is 13.8 Å². The van der Waals surface area contributed by atoms with Gasteiger partial charge in [-0.05, 0) is 38.3 Å². The summed E-state index contributed by atoms with van der Waals surface area (Å²) in [6.45, 7) is 7.71. The number of rotatable bonds is 8. The molecule has 0 fully saturated rings. The predicted molar refractivity (Wildman–Crippen MR) is 101 cm³/mol. The van der Waals surface area contributed by atoms with E-state index >= 15 is 0 Å². The van der Waals surface area contributed by atoms with Crippen LogP contribution in [-0.2, 0) is 16.6 Å². The standard InChI is InChI=1S/C17H30N4O2S/c1-6-24(22,23)21(5)11-7-10-19-17(18-4)20-13-16-9-8-14(2)12-15(16)3/h8-9,12H,6-7,10-11,13H2,1-5H3,(H2,18,19,20). The zero-order valence-electron chi connectivity index (χ0n) is 15.4. The molecule has 7 heteroatoms. The Kier molecular flexibility index (Phi) is 8.21. The summed E-state index contributed by atoms with van der Waals surface area (Å²) in [6, 6.07) is 6.39. The van der Waals surface area contributed by atoms with Crippen LogP contribution in [0.3, 0.4) is 0 Å². The van der Waals surface area contributed by atoms with Crippen molar-refractivity contribution in [3.8, 4) is 0 Å². The Bertz CT molecular complexity index is 657. The molecule has 0 saturated heterocycles. The molecule has 0 aliphatic rings. The molecule has 0 heterocycles. The number of hydrogen-bond acceptors (Lipinski definition) is 3. The summed E-state index contributed by atoms with van der Waals surface area (Å²) >= 11 is 0. The van der Waals surface area contributed by atoms with Gasteiger partial charge in [0.25, 0.3) is 0 Å². The van der Waals surface area contributed by atoms with Crippen molar-refractivity contribution < 1.29 is 8.42 Å². The molecule has 24 heavy (non-hydrogen) atoms. The fourth-order valence-electron chi connectivity index (χ4n) is 2.31.